The third kappa shape index (κ3) is 7.24. The highest BCUT2D eigenvalue weighted by molar-refractivity contribution is 6.99. The van der Waals surface area contributed by atoms with E-state index in [1.807, 2.05) is 25.1 Å². The van der Waals surface area contributed by atoms with Crippen molar-refractivity contribution in [2.45, 2.75) is 97.7 Å². The summed E-state index contributed by atoms with van der Waals surface area (Å²) in [7, 11) is -2.74. The monoisotopic (exact) mass is 654 g/mol. The Kier molecular flexibility index (Phi) is 10.7. The molecular weight excluding hydrogens is 605 g/mol. The van der Waals surface area contributed by atoms with Gasteiger partial charge >= 0.3 is 5.97 Å². The predicted molar refractivity (Wildman–Crippen MR) is 191 cm³/mol. The molecule has 0 fully saturated rings. The first-order valence-corrected chi connectivity index (χ1v) is 18.9. The molecule has 250 valence electrons. The van der Waals surface area contributed by atoms with Crippen molar-refractivity contribution in [1.29, 1.82) is 0 Å². The second-order valence-corrected chi connectivity index (χ2v) is 18.5. The van der Waals surface area contributed by atoms with E-state index in [0.29, 0.717) is 5.56 Å². The van der Waals surface area contributed by atoms with Crippen molar-refractivity contribution in [1.82, 2.24) is 0 Å². The Morgan fingerprint density at radius 1 is 0.766 bits per heavy atom. The summed E-state index contributed by atoms with van der Waals surface area (Å²) in [6, 6.07) is 30.5. The molecule has 7 nitrogen and oxygen atoms in total. The zero-order valence-electron chi connectivity index (χ0n) is 29.1. The molecule has 0 saturated carbocycles. The highest BCUT2D eigenvalue weighted by Gasteiger charge is 2.53. The molecule has 0 N–H and O–H groups in total. The molecule has 0 aromatic heterocycles. The zero-order chi connectivity index (χ0) is 33.8. The molecule has 0 aliphatic carbocycles. The van der Waals surface area contributed by atoms with Crippen LogP contribution in [0.5, 0.6) is 0 Å². The number of rotatable bonds is 12. The highest BCUT2D eigenvalue weighted by Crippen LogP contribution is 2.39. The lowest BCUT2D eigenvalue weighted by atomic mass is 9.85. The zero-order valence-corrected chi connectivity index (χ0v) is 30.1. The number of nitrogens with zero attached hydrogens (tertiary/aromatic N) is 2. The summed E-state index contributed by atoms with van der Waals surface area (Å²) in [6.07, 6.45) is 0.510. The fourth-order valence-electron chi connectivity index (χ4n) is 7.18. The van der Waals surface area contributed by atoms with Gasteiger partial charge in [0, 0.05) is 11.8 Å². The summed E-state index contributed by atoms with van der Waals surface area (Å²) in [5, 5.41) is 11.4. The Hall–Kier alpha value is -3.75. The maximum atomic E-state index is 12.6. The van der Waals surface area contributed by atoms with Gasteiger partial charge in [-0.25, -0.2) is 4.79 Å². The van der Waals surface area contributed by atoms with Gasteiger partial charge in [0.1, 0.15) is 6.10 Å². The lowest BCUT2D eigenvalue weighted by Crippen LogP contribution is -2.68. The maximum Gasteiger partial charge on any atom is 0.338 e. The summed E-state index contributed by atoms with van der Waals surface area (Å²) < 4.78 is 13.1. The number of esters is 1. The fourth-order valence-corrected chi connectivity index (χ4v) is 11.9. The van der Waals surface area contributed by atoms with Gasteiger partial charge in [-0.15, -0.1) is 0 Å². The van der Waals surface area contributed by atoms with Crippen LogP contribution in [0.1, 0.15) is 78.6 Å². The van der Waals surface area contributed by atoms with Crippen molar-refractivity contribution < 1.29 is 23.6 Å². The van der Waals surface area contributed by atoms with E-state index in [1.54, 1.807) is 12.1 Å². The minimum absolute atomic E-state index is 0.0348. The largest absolute Gasteiger partial charge is 0.455 e. The van der Waals surface area contributed by atoms with Crippen LogP contribution in [0.4, 0.5) is 0 Å². The number of oxime groups is 2. The molecule has 2 heterocycles. The van der Waals surface area contributed by atoms with E-state index in [1.165, 1.54) is 10.4 Å². The molecule has 0 radical (unpaired) electrons. The van der Waals surface area contributed by atoms with Crippen LogP contribution < -0.4 is 10.4 Å². The number of hydrogen-bond acceptors (Lipinski definition) is 7. The van der Waals surface area contributed by atoms with Gasteiger partial charge in [0.25, 0.3) is 8.32 Å². The van der Waals surface area contributed by atoms with Gasteiger partial charge in [0.2, 0.25) is 0 Å². The van der Waals surface area contributed by atoms with Crippen LogP contribution in [0.3, 0.4) is 0 Å². The van der Waals surface area contributed by atoms with Crippen LogP contribution in [0.2, 0.25) is 5.04 Å². The summed E-state index contributed by atoms with van der Waals surface area (Å²) in [5.41, 5.74) is 2.57. The second-order valence-electron chi connectivity index (χ2n) is 14.2. The van der Waals surface area contributed by atoms with E-state index in [4.69, 9.17) is 18.8 Å². The van der Waals surface area contributed by atoms with Crippen molar-refractivity contribution in [3.63, 3.8) is 0 Å². The number of carbonyl (C=O) groups excluding carboxylic acids is 1. The Morgan fingerprint density at radius 2 is 1.28 bits per heavy atom. The first-order valence-electron chi connectivity index (χ1n) is 16.9. The molecular formula is C39H50N2O5Si. The van der Waals surface area contributed by atoms with Gasteiger partial charge in [-0.05, 0) is 60.2 Å². The molecule has 3 aromatic carbocycles. The molecule has 7 atom stereocenters. The third-order valence-corrected chi connectivity index (χ3v) is 15.0. The minimum atomic E-state index is -2.74. The number of hydrogen-bond donors (Lipinski definition) is 0. The number of carbonyl (C=O) groups is 1. The van der Waals surface area contributed by atoms with E-state index < -0.39 is 14.4 Å². The molecule has 0 saturated heterocycles. The van der Waals surface area contributed by atoms with Gasteiger partial charge in [-0.2, -0.15) is 0 Å². The molecule has 0 amide bonds. The summed E-state index contributed by atoms with van der Waals surface area (Å²) in [4.78, 5) is 24.6. The molecule has 3 aromatic rings. The minimum Gasteiger partial charge on any atom is -0.455 e. The second kappa shape index (κ2) is 14.6. The van der Waals surface area contributed by atoms with Crippen molar-refractivity contribution in [2.24, 2.45) is 28.1 Å². The summed E-state index contributed by atoms with van der Waals surface area (Å²) in [5.74, 6) is -0.0283. The smallest absolute Gasteiger partial charge is 0.338 e. The number of benzene rings is 3. The average molecular weight is 655 g/mol. The standard InChI is InChI=1S/C39H50N2O5Si/c1-26(24-25-34-27(2)36(44-40-34)29(4)43-38(42)31-18-12-9-13-19-31)35-28(3)37(45-41-35)30(5)46-47(39(6,7)8,32-20-14-10-15-21-32)33-22-16-11-17-23-33/h9-23,26-30,36-37H,24-25H2,1-8H3/t26-,27-,28+,29+,30-,36+,37-/m0/s1. The normalized spacial score (nSPS) is 23.1. The lowest BCUT2D eigenvalue weighted by molar-refractivity contribution is -0.0429. The van der Waals surface area contributed by atoms with Crippen molar-refractivity contribution in [2.75, 3.05) is 0 Å². The van der Waals surface area contributed by atoms with Gasteiger partial charge in [-0.3, -0.25) is 0 Å². The predicted octanol–water partition coefficient (Wildman–Crippen LogP) is 7.40. The van der Waals surface area contributed by atoms with Gasteiger partial charge in [0.15, 0.2) is 12.2 Å². The van der Waals surface area contributed by atoms with Crippen molar-refractivity contribution >= 4 is 36.1 Å². The maximum absolute atomic E-state index is 12.6. The summed E-state index contributed by atoms with van der Waals surface area (Å²) >= 11 is 0. The van der Waals surface area contributed by atoms with Crippen LogP contribution in [-0.2, 0) is 18.8 Å². The van der Waals surface area contributed by atoms with E-state index in [9.17, 15) is 4.79 Å². The number of ether oxygens (including phenoxy) is 1. The molecule has 0 bridgehead atoms. The molecule has 2 aliphatic heterocycles. The van der Waals surface area contributed by atoms with Crippen molar-refractivity contribution in [3.05, 3.63) is 96.6 Å². The molecule has 2 aliphatic rings. The Morgan fingerprint density at radius 3 is 1.83 bits per heavy atom. The van der Waals surface area contributed by atoms with Gasteiger partial charge in [0.05, 0.1) is 23.1 Å². The Labute approximate surface area is 281 Å². The van der Waals surface area contributed by atoms with Crippen LogP contribution in [0.25, 0.3) is 0 Å². The Balaban J connectivity index is 1.21. The van der Waals surface area contributed by atoms with E-state index in [2.05, 4.69) is 119 Å². The highest BCUT2D eigenvalue weighted by atomic mass is 28.4. The third-order valence-electron chi connectivity index (χ3n) is 9.89. The van der Waals surface area contributed by atoms with Crippen LogP contribution >= 0.6 is 0 Å². The first-order chi connectivity index (χ1) is 22.4. The quantitative estimate of drug-likeness (QED) is 0.150. The fraction of sp³-hybridized carbons (Fsp3) is 0.462. The molecule has 47 heavy (non-hydrogen) atoms. The molecule has 0 unspecified atom stereocenters. The van der Waals surface area contributed by atoms with Crippen LogP contribution in [0, 0.1) is 17.8 Å². The molecule has 8 heteroatoms. The summed E-state index contributed by atoms with van der Waals surface area (Å²) in [6.45, 7) is 17.4. The van der Waals surface area contributed by atoms with E-state index >= 15 is 0 Å². The Bertz CT molecular complexity index is 1500. The SMILES string of the molecule is C[C@H](O[Si](c1ccccc1)(c1ccccc1)C(C)(C)C)[C@H]1ON=C([C@@H](C)CCC2=NO[C@@H]([C@@H](C)OC(=O)c3ccccc3)[C@H]2C)[C@H]1C. The van der Waals surface area contributed by atoms with E-state index in [-0.39, 0.29) is 47.1 Å². The van der Waals surface area contributed by atoms with E-state index in [0.717, 1.165) is 24.3 Å². The molecule has 5 rings (SSSR count). The lowest BCUT2D eigenvalue weighted by Gasteiger charge is -2.45. The first kappa shape index (κ1) is 34.6. The van der Waals surface area contributed by atoms with Crippen molar-refractivity contribution in [3.8, 4) is 0 Å². The van der Waals surface area contributed by atoms with Gasteiger partial charge < -0.3 is 18.8 Å². The van der Waals surface area contributed by atoms with Crippen LogP contribution in [-0.4, -0.2) is 50.1 Å². The van der Waals surface area contributed by atoms with Crippen LogP contribution in [0.15, 0.2) is 101 Å². The topological polar surface area (TPSA) is 78.7 Å². The molecule has 0 spiro atoms. The average Bonchev–Trinajstić information content (AvgIpc) is 3.64. The van der Waals surface area contributed by atoms with Gasteiger partial charge in [-0.1, -0.05) is 131 Å².